The van der Waals surface area contributed by atoms with E-state index in [9.17, 15) is 4.79 Å². The van der Waals surface area contributed by atoms with E-state index in [1.807, 2.05) is 23.1 Å². The molecule has 0 aromatic heterocycles. The summed E-state index contributed by atoms with van der Waals surface area (Å²) >= 11 is 0. The first-order valence-corrected chi connectivity index (χ1v) is 7.63. The van der Waals surface area contributed by atoms with E-state index in [0.29, 0.717) is 11.3 Å². The molecule has 1 amide bonds. The summed E-state index contributed by atoms with van der Waals surface area (Å²) in [5.41, 5.74) is 7.12. The van der Waals surface area contributed by atoms with Gasteiger partial charge in [0.1, 0.15) is 0 Å². The first-order valence-electron chi connectivity index (χ1n) is 7.63. The van der Waals surface area contributed by atoms with Crippen molar-refractivity contribution in [1.29, 1.82) is 0 Å². The Morgan fingerprint density at radius 1 is 1.00 bits per heavy atom. The van der Waals surface area contributed by atoms with Crippen molar-refractivity contribution in [3.05, 3.63) is 29.8 Å². The summed E-state index contributed by atoms with van der Waals surface area (Å²) in [6, 6.07) is 8.11. The molecule has 3 rings (SSSR count). The van der Waals surface area contributed by atoms with E-state index >= 15 is 0 Å². The summed E-state index contributed by atoms with van der Waals surface area (Å²) in [5, 5.41) is 0. The van der Waals surface area contributed by atoms with Crippen LogP contribution in [-0.2, 0) is 0 Å². The molecule has 0 atom stereocenters. The number of hydrogen-bond acceptors (Lipinski definition) is 3. The molecule has 2 aliphatic rings. The maximum atomic E-state index is 12.5. The number of benzene rings is 1. The molecule has 0 spiro atoms. The van der Waals surface area contributed by atoms with Crippen LogP contribution in [0.1, 0.15) is 36.0 Å². The largest absolute Gasteiger partial charge is 0.398 e. The molecular formula is C16H25Cl2N3O. The van der Waals surface area contributed by atoms with E-state index in [1.54, 1.807) is 6.07 Å². The third-order valence-electron chi connectivity index (χ3n) is 4.63. The van der Waals surface area contributed by atoms with Crippen LogP contribution >= 0.6 is 24.8 Å². The third-order valence-corrected chi connectivity index (χ3v) is 4.63. The van der Waals surface area contributed by atoms with Crippen molar-refractivity contribution in [2.45, 2.75) is 31.7 Å². The maximum absolute atomic E-state index is 12.5. The molecule has 1 aromatic rings. The third kappa shape index (κ3) is 4.06. The Labute approximate surface area is 144 Å². The summed E-state index contributed by atoms with van der Waals surface area (Å²) in [6.45, 7) is 3.65. The minimum atomic E-state index is 0. The minimum Gasteiger partial charge on any atom is -0.398 e. The molecule has 2 fully saturated rings. The molecule has 1 saturated carbocycles. The lowest BCUT2D eigenvalue weighted by atomic mass is 10.1. The number of carbonyl (C=O) groups excluding carboxylic acids is 1. The fourth-order valence-corrected chi connectivity index (χ4v) is 3.42. The van der Waals surface area contributed by atoms with E-state index in [2.05, 4.69) is 4.90 Å². The number of piperazine rings is 1. The standard InChI is InChI=1S/C16H23N3O.2ClH/c17-15-8-4-3-7-14(15)16(20)19-11-9-18(10-12-19)13-5-1-2-6-13;;/h3-4,7-8,13H,1-2,5-6,9-12,17H2;2*1H. The van der Waals surface area contributed by atoms with Gasteiger partial charge in [-0.15, -0.1) is 24.8 Å². The van der Waals surface area contributed by atoms with Crippen LogP contribution in [0.4, 0.5) is 5.69 Å². The van der Waals surface area contributed by atoms with Crippen LogP contribution in [0.3, 0.4) is 0 Å². The summed E-state index contributed by atoms with van der Waals surface area (Å²) in [5.74, 6) is 0.0779. The van der Waals surface area contributed by atoms with Gasteiger partial charge in [-0.05, 0) is 25.0 Å². The van der Waals surface area contributed by atoms with Gasteiger partial charge in [-0.2, -0.15) is 0 Å². The van der Waals surface area contributed by atoms with Crippen molar-refractivity contribution in [1.82, 2.24) is 9.80 Å². The zero-order valence-electron chi connectivity index (χ0n) is 12.7. The number of nitrogens with zero attached hydrogens (tertiary/aromatic N) is 2. The van der Waals surface area contributed by atoms with E-state index in [1.165, 1.54) is 25.7 Å². The second-order valence-corrected chi connectivity index (χ2v) is 5.85. The molecule has 22 heavy (non-hydrogen) atoms. The average Bonchev–Trinajstić information content (AvgIpc) is 3.01. The molecular weight excluding hydrogens is 321 g/mol. The van der Waals surface area contributed by atoms with Crippen molar-refractivity contribution in [3.63, 3.8) is 0 Å². The highest BCUT2D eigenvalue weighted by molar-refractivity contribution is 5.99. The van der Waals surface area contributed by atoms with Gasteiger partial charge in [0.05, 0.1) is 5.56 Å². The Morgan fingerprint density at radius 3 is 2.18 bits per heavy atom. The average molecular weight is 346 g/mol. The zero-order chi connectivity index (χ0) is 13.9. The first-order chi connectivity index (χ1) is 9.75. The molecule has 1 saturated heterocycles. The SMILES string of the molecule is Cl.Cl.Nc1ccccc1C(=O)N1CCN(C2CCCC2)CC1. The van der Waals surface area contributed by atoms with Crippen molar-refractivity contribution >= 4 is 36.4 Å². The van der Waals surface area contributed by atoms with Crippen LogP contribution in [0.25, 0.3) is 0 Å². The highest BCUT2D eigenvalue weighted by Crippen LogP contribution is 2.24. The molecule has 4 nitrogen and oxygen atoms in total. The van der Waals surface area contributed by atoms with Crippen LogP contribution < -0.4 is 5.73 Å². The van der Waals surface area contributed by atoms with Crippen LogP contribution in [0.2, 0.25) is 0 Å². The van der Waals surface area contributed by atoms with E-state index in [-0.39, 0.29) is 30.7 Å². The van der Waals surface area contributed by atoms with Crippen LogP contribution in [0, 0.1) is 0 Å². The second-order valence-electron chi connectivity index (χ2n) is 5.85. The van der Waals surface area contributed by atoms with Gasteiger partial charge >= 0.3 is 0 Å². The number of amides is 1. The van der Waals surface area contributed by atoms with Crippen molar-refractivity contribution in [2.24, 2.45) is 0 Å². The predicted octanol–water partition coefficient (Wildman–Crippen LogP) is 2.81. The van der Waals surface area contributed by atoms with Gasteiger partial charge in [-0.25, -0.2) is 0 Å². The number of nitrogen functional groups attached to an aromatic ring is 1. The number of para-hydroxylation sites is 1. The van der Waals surface area contributed by atoms with E-state index < -0.39 is 0 Å². The molecule has 6 heteroatoms. The molecule has 124 valence electrons. The Hall–Kier alpha value is -0.970. The van der Waals surface area contributed by atoms with Gasteiger partial charge in [0.25, 0.3) is 5.91 Å². The van der Waals surface area contributed by atoms with Gasteiger partial charge in [0.2, 0.25) is 0 Å². The van der Waals surface area contributed by atoms with Crippen LogP contribution in [0.5, 0.6) is 0 Å². The molecule has 1 aliphatic heterocycles. The van der Waals surface area contributed by atoms with Crippen molar-refractivity contribution < 1.29 is 4.79 Å². The summed E-state index contributed by atoms with van der Waals surface area (Å²) in [4.78, 5) is 17.0. The van der Waals surface area contributed by atoms with Crippen LogP contribution in [-0.4, -0.2) is 47.9 Å². The Morgan fingerprint density at radius 2 is 1.59 bits per heavy atom. The van der Waals surface area contributed by atoms with Gasteiger partial charge in [-0.3, -0.25) is 9.69 Å². The minimum absolute atomic E-state index is 0. The fraction of sp³-hybridized carbons (Fsp3) is 0.562. The second kappa shape index (κ2) is 8.61. The lowest BCUT2D eigenvalue weighted by Gasteiger charge is -2.38. The Balaban J connectivity index is 0.00000121. The lowest BCUT2D eigenvalue weighted by molar-refractivity contribution is 0.0574. The number of rotatable bonds is 2. The number of halogens is 2. The van der Waals surface area contributed by atoms with Crippen molar-refractivity contribution in [2.75, 3.05) is 31.9 Å². The predicted molar refractivity (Wildman–Crippen MR) is 95.1 cm³/mol. The zero-order valence-corrected chi connectivity index (χ0v) is 14.4. The fourth-order valence-electron chi connectivity index (χ4n) is 3.42. The number of nitrogens with two attached hydrogens (primary N) is 1. The van der Waals surface area contributed by atoms with E-state index in [0.717, 1.165) is 32.2 Å². The monoisotopic (exact) mass is 345 g/mol. The highest BCUT2D eigenvalue weighted by atomic mass is 35.5. The topological polar surface area (TPSA) is 49.6 Å². The van der Waals surface area contributed by atoms with E-state index in [4.69, 9.17) is 5.73 Å². The molecule has 0 bridgehead atoms. The van der Waals surface area contributed by atoms with Gasteiger partial charge in [-0.1, -0.05) is 25.0 Å². The van der Waals surface area contributed by atoms with Gasteiger partial charge in [0, 0.05) is 37.9 Å². The normalized spacial score (nSPS) is 19.4. The number of anilines is 1. The Bertz CT molecular complexity index is 484. The molecule has 1 aliphatic carbocycles. The van der Waals surface area contributed by atoms with Gasteiger partial charge in [0.15, 0.2) is 0 Å². The molecule has 0 radical (unpaired) electrons. The van der Waals surface area contributed by atoms with Crippen LogP contribution in [0.15, 0.2) is 24.3 Å². The lowest BCUT2D eigenvalue weighted by Crippen LogP contribution is -2.51. The number of hydrogen-bond donors (Lipinski definition) is 1. The molecule has 2 N–H and O–H groups in total. The smallest absolute Gasteiger partial charge is 0.256 e. The van der Waals surface area contributed by atoms with Crippen molar-refractivity contribution in [3.8, 4) is 0 Å². The highest BCUT2D eigenvalue weighted by Gasteiger charge is 2.28. The molecule has 1 heterocycles. The Kier molecular flexibility index (Phi) is 7.46. The summed E-state index contributed by atoms with van der Waals surface area (Å²) in [6.07, 6.45) is 5.40. The summed E-state index contributed by atoms with van der Waals surface area (Å²) < 4.78 is 0. The molecule has 0 unspecified atom stereocenters. The number of carbonyl (C=O) groups is 1. The van der Waals surface area contributed by atoms with Gasteiger partial charge < -0.3 is 10.6 Å². The maximum Gasteiger partial charge on any atom is 0.256 e. The quantitative estimate of drug-likeness (QED) is 0.838. The molecule has 1 aromatic carbocycles. The summed E-state index contributed by atoms with van der Waals surface area (Å²) in [7, 11) is 0. The first kappa shape index (κ1) is 19.1.